The monoisotopic (exact) mass is 425 g/mol. The molecule has 2 N–H and O–H groups in total. The molecule has 0 radical (unpaired) electrons. The Balaban J connectivity index is 1.71. The van der Waals surface area contributed by atoms with Gasteiger partial charge in [0, 0.05) is 18.5 Å². The zero-order valence-electron chi connectivity index (χ0n) is 18.2. The molecule has 166 valence electrons. The van der Waals surface area contributed by atoms with E-state index in [0.29, 0.717) is 36.0 Å². The van der Waals surface area contributed by atoms with Gasteiger partial charge in [-0.2, -0.15) is 0 Å². The SMILES string of the molecule is CN(C)CCCOc1ccc(C(=O)N(N)C(=O)C/C=C/CCOc2ccccc2)cc1. The molecule has 7 nitrogen and oxygen atoms in total. The smallest absolute Gasteiger partial charge is 0.274 e. The number of imide groups is 1. The van der Waals surface area contributed by atoms with Crippen LogP contribution in [0.4, 0.5) is 0 Å². The molecule has 0 spiro atoms. The van der Waals surface area contributed by atoms with Gasteiger partial charge in [0.2, 0.25) is 5.91 Å². The van der Waals surface area contributed by atoms with Crippen LogP contribution in [-0.4, -0.2) is 55.6 Å². The predicted octanol–water partition coefficient (Wildman–Crippen LogP) is 3.28. The second-order valence-electron chi connectivity index (χ2n) is 7.22. The van der Waals surface area contributed by atoms with Crippen molar-refractivity contribution in [2.45, 2.75) is 19.3 Å². The maximum Gasteiger partial charge on any atom is 0.274 e. The van der Waals surface area contributed by atoms with Crippen LogP contribution in [0.5, 0.6) is 11.5 Å². The fraction of sp³-hybridized carbons (Fsp3) is 0.333. The highest BCUT2D eigenvalue weighted by molar-refractivity contribution is 6.04. The average molecular weight is 426 g/mol. The van der Waals surface area contributed by atoms with Crippen LogP contribution >= 0.6 is 0 Å². The summed E-state index contributed by atoms with van der Waals surface area (Å²) in [5.41, 5.74) is 0.330. The summed E-state index contributed by atoms with van der Waals surface area (Å²) in [4.78, 5) is 26.7. The Bertz CT molecular complexity index is 836. The number of nitrogens with zero attached hydrogens (tertiary/aromatic N) is 2. The number of ether oxygens (including phenoxy) is 2. The minimum Gasteiger partial charge on any atom is -0.494 e. The molecule has 2 amide bonds. The van der Waals surface area contributed by atoms with Gasteiger partial charge in [0.05, 0.1) is 13.2 Å². The van der Waals surface area contributed by atoms with Crippen molar-refractivity contribution < 1.29 is 19.1 Å². The van der Waals surface area contributed by atoms with Crippen LogP contribution in [0, 0.1) is 0 Å². The third kappa shape index (κ3) is 9.02. The maximum atomic E-state index is 12.4. The van der Waals surface area contributed by atoms with Gasteiger partial charge in [-0.15, -0.1) is 0 Å². The normalized spacial score (nSPS) is 11.0. The van der Waals surface area contributed by atoms with Crippen LogP contribution in [0.15, 0.2) is 66.7 Å². The predicted molar refractivity (Wildman–Crippen MR) is 121 cm³/mol. The van der Waals surface area contributed by atoms with E-state index in [1.807, 2.05) is 50.5 Å². The number of rotatable bonds is 12. The summed E-state index contributed by atoms with van der Waals surface area (Å²) in [5.74, 6) is 6.16. The lowest BCUT2D eigenvalue weighted by Gasteiger charge is -2.14. The molecule has 0 aromatic heterocycles. The number of hydrogen-bond acceptors (Lipinski definition) is 6. The molecule has 0 bridgehead atoms. The molecule has 0 heterocycles. The van der Waals surface area contributed by atoms with E-state index in [0.717, 1.165) is 18.7 Å². The Kier molecular flexibility index (Phi) is 10.3. The van der Waals surface area contributed by atoms with Crippen LogP contribution in [0.25, 0.3) is 0 Å². The lowest BCUT2D eigenvalue weighted by Crippen LogP contribution is -2.42. The summed E-state index contributed by atoms with van der Waals surface area (Å²) in [6, 6.07) is 16.1. The van der Waals surface area contributed by atoms with E-state index in [9.17, 15) is 9.59 Å². The number of carbonyl (C=O) groups is 2. The van der Waals surface area contributed by atoms with E-state index in [4.69, 9.17) is 15.3 Å². The molecule has 2 rings (SSSR count). The van der Waals surface area contributed by atoms with Gasteiger partial charge in [0.25, 0.3) is 5.91 Å². The van der Waals surface area contributed by atoms with Crippen molar-refractivity contribution in [2.75, 3.05) is 33.9 Å². The second kappa shape index (κ2) is 13.2. The van der Waals surface area contributed by atoms with Gasteiger partial charge in [0.1, 0.15) is 11.5 Å². The molecule has 0 saturated heterocycles. The summed E-state index contributed by atoms with van der Waals surface area (Å²) in [7, 11) is 4.02. The van der Waals surface area contributed by atoms with E-state index in [-0.39, 0.29) is 6.42 Å². The number of hydrogen-bond donors (Lipinski definition) is 1. The van der Waals surface area contributed by atoms with Crippen LogP contribution in [-0.2, 0) is 4.79 Å². The first-order valence-corrected chi connectivity index (χ1v) is 10.3. The Morgan fingerprint density at radius 1 is 0.903 bits per heavy atom. The zero-order chi connectivity index (χ0) is 22.5. The first-order chi connectivity index (χ1) is 15.0. The van der Waals surface area contributed by atoms with E-state index in [1.165, 1.54) is 0 Å². The summed E-state index contributed by atoms with van der Waals surface area (Å²) >= 11 is 0. The summed E-state index contributed by atoms with van der Waals surface area (Å²) < 4.78 is 11.2. The van der Waals surface area contributed by atoms with Crippen molar-refractivity contribution in [1.29, 1.82) is 0 Å². The Labute approximate surface area is 184 Å². The number of carbonyl (C=O) groups excluding carboxylic acids is 2. The van der Waals surface area contributed by atoms with E-state index >= 15 is 0 Å². The fourth-order valence-corrected chi connectivity index (χ4v) is 2.68. The van der Waals surface area contributed by atoms with Crippen molar-refractivity contribution in [3.05, 3.63) is 72.3 Å². The highest BCUT2D eigenvalue weighted by atomic mass is 16.5. The Hall–Kier alpha value is -3.16. The molecule has 0 aliphatic heterocycles. The number of amides is 2. The number of hydrazine groups is 1. The molecule has 0 atom stereocenters. The third-order valence-electron chi connectivity index (χ3n) is 4.36. The molecule has 2 aromatic carbocycles. The van der Waals surface area contributed by atoms with E-state index in [2.05, 4.69) is 4.90 Å². The lowest BCUT2D eigenvalue weighted by molar-refractivity contribution is -0.127. The number of para-hydroxylation sites is 1. The van der Waals surface area contributed by atoms with E-state index < -0.39 is 11.8 Å². The number of benzene rings is 2. The molecular formula is C24H31N3O4. The van der Waals surface area contributed by atoms with Crippen LogP contribution in [0.3, 0.4) is 0 Å². The van der Waals surface area contributed by atoms with Crippen molar-refractivity contribution in [3.8, 4) is 11.5 Å². The minimum absolute atomic E-state index is 0.0423. The third-order valence-corrected chi connectivity index (χ3v) is 4.36. The van der Waals surface area contributed by atoms with Gasteiger partial charge in [-0.05, 0) is 63.3 Å². The minimum atomic E-state index is -0.551. The Morgan fingerprint density at radius 3 is 2.23 bits per heavy atom. The van der Waals surface area contributed by atoms with Gasteiger partial charge in [-0.3, -0.25) is 9.59 Å². The van der Waals surface area contributed by atoms with Crippen molar-refractivity contribution >= 4 is 11.8 Å². The average Bonchev–Trinajstić information content (AvgIpc) is 2.79. The van der Waals surface area contributed by atoms with Gasteiger partial charge < -0.3 is 14.4 Å². The van der Waals surface area contributed by atoms with Crippen molar-refractivity contribution in [2.24, 2.45) is 5.84 Å². The standard InChI is InChI=1S/C24H31N3O4/c1-26(2)17-9-19-31-22-15-13-20(14-16-22)24(29)27(25)23(28)12-7-4-8-18-30-21-10-5-3-6-11-21/h3-7,10-11,13-16H,8-9,12,17-19,25H2,1-2H3/b7-4+. The molecule has 2 aromatic rings. The molecule has 0 saturated carbocycles. The number of nitrogens with two attached hydrogens (primary N) is 1. The highest BCUT2D eigenvalue weighted by Crippen LogP contribution is 2.14. The van der Waals surface area contributed by atoms with Gasteiger partial charge in [-0.25, -0.2) is 10.9 Å². The van der Waals surface area contributed by atoms with E-state index in [1.54, 1.807) is 30.3 Å². The molecule has 0 aliphatic rings. The van der Waals surface area contributed by atoms with Crippen LogP contribution in [0.2, 0.25) is 0 Å². The fourth-order valence-electron chi connectivity index (χ4n) is 2.68. The molecule has 0 fully saturated rings. The van der Waals surface area contributed by atoms with Gasteiger partial charge >= 0.3 is 0 Å². The molecule has 0 aliphatic carbocycles. The largest absolute Gasteiger partial charge is 0.494 e. The van der Waals surface area contributed by atoms with Crippen molar-refractivity contribution in [1.82, 2.24) is 9.91 Å². The van der Waals surface area contributed by atoms with Crippen LogP contribution < -0.4 is 15.3 Å². The summed E-state index contributed by atoms with van der Waals surface area (Å²) in [6.07, 6.45) is 5.12. The topological polar surface area (TPSA) is 85.1 Å². The molecular weight excluding hydrogens is 394 g/mol. The first kappa shape index (κ1) is 24.1. The second-order valence-corrected chi connectivity index (χ2v) is 7.22. The molecule has 31 heavy (non-hydrogen) atoms. The maximum absolute atomic E-state index is 12.4. The summed E-state index contributed by atoms with van der Waals surface area (Å²) in [5, 5.41) is 0.651. The van der Waals surface area contributed by atoms with Crippen LogP contribution in [0.1, 0.15) is 29.6 Å². The highest BCUT2D eigenvalue weighted by Gasteiger charge is 2.18. The summed E-state index contributed by atoms with van der Waals surface area (Å²) in [6.45, 7) is 2.04. The quantitative estimate of drug-likeness (QED) is 0.185. The first-order valence-electron chi connectivity index (χ1n) is 10.3. The Morgan fingerprint density at radius 2 is 1.55 bits per heavy atom. The van der Waals surface area contributed by atoms with Crippen molar-refractivity contribution in [3.63, 3.8) is 0 Å². The van der Waals surface area contributed by atoms with Gasteiger partial charge in [-0.1, -0.05) is 30.4 Å². The molecule has 0 unspecified atom stereocenters. The zero-order valence-corrected chi connectivity index (χ0v) is 18.2. The lowest BCUT2D eigenvalue weighted by atomic mass is 10.2. The molecule has 7 heteroatoms. The van der Waals surface area contributed by atoms with Gasteiger partial charge in [0.15, 0.2) is 0 Å².